The first kappa shape index (κ1) is 14.8. The van der Waals surface area contributed by atoms with E-state index in [1.807, 2.05) is 24.3 Å². The number of aliphatic hydroxyl groups is 1. The second kappa shape index (κ2) is 6.73. The van der Waals surface area contributed by atoms with Gasteiger partial charge in [0.2, 0.25) is 0 Å². The standard InChI is InChI=1S/C16H19ClN2O/c1-12(2)19(10-13-6-4-3-5-7-13)16-9-8-14(17)15(11-20)18-16/h3-9,12,20H,10-11H2,1-2H3. The molecule has 0 aliphatic carbocycles. The topological polar surface area (TPSA) is 36.4 Å². The summed E-state index contributed by atoms with van der Waals surface area (Å²) in [6.07, 6.45) is 0. The summed E-state index contributed by atoms with van der Waals surface area (Å²) >= 11 is 6.00. The highest BCUT2D eigenvalue weighted by Crippen LogP contribution is 2.22. The number of aromatic nitrogens is 1. The molecule has 0 aliphatic heterocycles. The Bertz CT molecular complexity index is 558. The van der Waals surface area contributed by atoms with Crippen molar-refractivity contribution >= 4 is 17.4 Å². The number of hydrogen-bond acceptors (Lipinski definition) is 3. The van der Waals surface area contributed by atoms with Crippen LogP contribution in [0.25, 0.3) is 0 Å². The number of pyridine rings is 1. The summed E-state index contributed by atoms with van der Waals surface area (Å²) < 4.78 is 0. The molecule has 0 unspecified atom stereocenters. The van der Waals surface area contributed by atoms with Gasteiger partial charge in [-0.05, 0) is 31.5 Å². The van der Waals surface area contributed by atoms with Crippen LogP contribution in [0.1, 0.15) is 25.1 Å². The van der Waals surface area contributed by atoms with E-state index in [1.165, 1.54) is 5.56 Å². The Kier molecular flexibility index (Phi) is 4.99. The van der Waals surface area contributed by atoms with Gasteiger partial charge in [-0.2, -0.15) is 0 Å². The third kappa shape index (κ3) is 3.50. The van der Waals surface area contributed by atoms with Crippen LogP contribution < -0.4 is 4.90 Å². The Balaban J connectivity index is 2.29. The van der Waals surface area contributed by atoms with Crippen LogP contribution >= 0.6 is 11.6 Å². The van der Waals surface area contributed by atoms with E-state index in [1.54, 1.807) is 6.07 Å². The smallest absolute Gasteiger partial charge is 0.129 e. The van der Waals surface area contributed by atoms with Crippen molar-refractivity contribution < 1.29 is 5.11 Å². The number of hydrogen-bond donors (Lipinski definition) is 1. The van der Waals surface area contributed by atoms with Crippen LogP contribution in [0.4, 0.5) is 5.82 Å². The summed E-state index contributed by atoms with van der Waals surface area (Å²) in [4.78, 5) is 6.64. The van der Waals surface area contributed by atoms with E-state index in [4.69, 9.17) is 11.6 Å². The molecular weight excluding hydrogens is 272 g/mol. The lowest BCUT2D eigenvalue weighted by Crippen LogP contribution is -2.31. The number of benzene rings is 1. The quantitative estimate of drug-likeness (QED) is 0.913. The number of rotatable bonds is 5. The van der Waals surface area contributed by atoms with Crippen molar-refractivity contribution in [3.63, 3.8) is 0 Å². The van der Waals surface area contributed by atoms with Crippen molar-refractivity contribution in [3.05, 3.63) is 58.7 Å². The Morgan fingerprint density at radius 1 is 1.15 bits per heavy atom. The van der Waals surface area contributed by atoms with Crippen molar-refractivity contribution in [1.29, 1.82) is 0 Å². The summed E-state index contributed by atoms with van der Waals surface area (Å²) in [5.74, 6) is 0.831. The Morgan fingerprint density at radius 3 is 2.45 bits per heavy atom. The molecule has 4 heteroatoms. The maximum Gasteiger partial charge on any atom is 0.129 e. The van der Waals surface area contributed by atoms with Crippen LogP contribution in [0.15, 0.2) is 42.5 Å². The molecule has 0 radical (unpaired) electrons. The van der Waals surface area contributed by atoms with E-state index < -0.39 is 0 Å². The molecule has 1 aromatic carbocycles. The summed E-state index contributed by atoms with van der Waals surface area (Å²) in [6, 6.07) is 14.2. The van der Waals surface area contributed by atoms with E-state index in [2.05, 4.69) is 35.9 Å². The zero-order valence-electron chi connectivity index (χ0n) is 11.8. The van der Waals surface area contributed by atoms with Gasteiger partial charge < -0.3 is 10.0 Å². The van der Waals surface area contributed by atoms with E-state index in [-0.39, 0.29) is 6.61 Å². The van der Waals surface area contributed by atoms with Gasteiger partial charge in [-0.15, -0.1) is 0 Å². The molecule has 2 rings (SSSR count). The molecule has 0 atom stereocenters. The molecule has 0 saturated carbocycles. The third-order valence-corrected chi connectivity index (χ3v) is 3.51. The minimum absolute atomic E-state index is 0.149. The van der Waals surface area contributed by atoms with Gasteiger partial charge in [0.05, 0.1) is 17.3 Å². The van der Waals surface area contributed by atoms with Crippen molar-refractivity contribution in [2.24, 2.45) is 0 Å². The van der Waals surface area contributed by atoms with E-state index in [0.29, 0.717) is 16.8 Å². The molecule has 3 nitrogen and oxygen atoms in total. The van der Waals surface area contributed by atoms with Crippen LogP contribution in [0.5, 0.6) is 0 Å². The van der Waals surface area contributed by atoms with Gasteiger partial charge in [-0.3, -0.25) is 0 Å². The fourth-order valence-electron chi connectivity index (χ4n) is 2.05. The van der Waals surface area contributed by atoms with Crippen LogP contribution in [-0.2, 0) is 13.2 Å². The van der Waals surface area contributed by atoms with Gasteiger partial charge in [-0.1, -0.05) is 41.9 Å². The molecule has 0 bridgehead atoms. The van der Waals surface area contributed by atoms with E-state index >= 15 is 0 Å². The zero-order valence-corrected chi connectivity index (χ0v) is 12.5. The predicted octanol–water partition coefficient (Wildman–Crippen LogP) is 3.64. The van der Waals surface area contributed by atoms with Crippen LogP contribution in [-0.4, -0.2) is 16.1 Å². The monoisotopic (exact) mass is 290 g/mol. The molecule has 1 heterocycles. The molecule has 2 aromatic rings. The summed E-state index contributed by atoms with van der Waals surface area (Å²) in [5, 5.41) is 9.79. The largest absolute Gasteiger partial charge is 0.390 e. The van der Waals surface area contributed by atoms with E-state index in [9.17, 15) is 5.11 Å². The number of anilines is 1. The fourth-order valence-corrected chi connectivity index (χ4v) is 2.22. The molecule has 0 saturated heterocycles. The highest BCUT2D eigenvalue weighted by Gasteiger charge is 2.14. The maximum atomic E-state index is 9.29. The van der Waals surface area contributed by atoms with Crippen molar-refractivity contribution in [3.8, 4) is 0 Å². The molecule has 0 spiro atoms. The highest BCUT2D eigenvalue weighted by molar-refractivity contribution is 6.31. The van der Waals surface area contributed by atoms with Crippen molar-refractivity contribution in [1.82, 2.24) is 4.98 Å². The third-order valence-electron chi connectivity index (χ3n) is 3.17. The second-order valence-electron chi connectivity index (χ2n) is 4.96. The first-order valence-electron chi connectivity index (χ1n) is 6.68. The van der Waals surface area contributed by atoms with Crippen LogP contribution in [0.3, 0.4) is 0 Å². The Morgan fingerprint density at radius 2 is 1.85 bits per heavy atom. The molecule has 0 aliphatic rings. The average Bonchev–Trinajstić information content (AvgIpc) is 2.46. The minimum Gasteiger partial charge on any atom is -0.390 e. The van der Waals surface area contributed by atoms with Gasteiger partial charge in [0.15, 0.2) is 0 Å². The molecule has 0 amide bonds. The molecule has 20 heavy (non-hydrogen) atoms. The lowest BCUT2D eigenvalue weighted by molar-refractivity contribution is 0.277. The number of aliphatic hydroxyl groups excluding tert-OH is 1. The second-order valence-corrected chi connectivity index (χ2v) is 5.37. The average molecular weight is 291 g/mol. The highest BCUT2D eigenvalue weighted by atomic mass is 35.5. The molecule has 1 aromatic heterocycles. The maximum absolute atomic E-state index is 9.29. The van der Waals surface area contributed by atoms with Gasteiger partial charge in [-0.25, -0.2) is 4.98 Å². The molecule has 0 fully saturated rings. The zero-order chi connectivity index (χ0) is 14.5. The fraction of sp³-hybridized carbons (Fsp3) is 0.312. The lowest BCUT2D eigenvalue weighted by Gasteiger charge is -2.28. The van der Waals surface area contributed by atoms with Crippen molar-refractivity contribution in [2.75, 3.05) is 4.90 Å². The van der Waals surface area contributed by atoms with Crippen LogP contribution in [0.2, 0.25) is 5.02 Å². The summed E-state index contributed by atoms with van der Waals surface area (Å²) in [7, 11) is 0. The van der Waals surface area contributed by atoms with Crippen LogP contribution in [0, 0.1) is 0 Å². The lowest BCUT2D eigenvalue weighted by atomic mass is 10.2. The predicted molar refractivity (Wildman–Crippen MR) is 82.9 cm³/mol. The minimum atomic E-state index is -0.149. The SMILES string of the molecule is CC(C)N(Cc1ccccc1)c1ccc(Cl)c(CO)n1. The summed E-state index contributed by atoms with van der Waals surface area (Å²) in [6.45, 7) is 4.87. The Labute approximate surface area is 124 Å². The number of halogens is 1. The number of nitrogens with zero attached hydrogens (tertiary/aromatic N) is 2. The van der Waals surface area contributed by atoms with E-state index in [0.717, 1.165) is 12.4 Å². The first-order valence-corrected chi connectivity index (χ1v) is 7.06. The first-order chi connectivity index (χ1) is 9.61. The Hall–Kier alpha value is -1.58. The van der Waals surface area contributed by atoms with Gasteiger partial charge in [0, 0.05) is 12.6 Å². The molecule has 106 valence electrons. The normalized spacial score (nSPS) is 10.8. The molecule has 1 N–H and O–H groups in total. The van der Waals surface area contributed by atoms with Gasteiger partial charge in [0.1, 0.15) is 5.82 Å². The van der Waals surface area contributed by atoms with Crippen molar-refractivity contribution in [2.45, 2.75) is 33.0 Å². The van der Waals surface area contributed by atoms with Gasteiger partial charge in [0.25, 0.3) is 0 Å². The summed E-state index contributed by atoms with van der Waals surface area (Å²) in [5.41, 5.74) is 1.74. The molecular formula is C16H19ClN2O. The van der Waals surface area contributed by atoms with Gasteiger partial charge >= 0.3 is 0 Å².